The molecule has 0 atom stereocenters. The number of hydrogen-bond acceptors (Lipinski definition) is 5. The van der Waals surface area contributed by atoms with Gasteiger partial charge < -0.3 is 9.64 Å². The number of hydrogen-bond donors (Lipinski definition) is 1. The van der Waals surface area contributed by atoms with E-state index in [1.165, 1.54) is 24.8 Å². The van der Waals surface area contributed by atoms with Crippen LogP contribution >= 0.6 is 0 Å². The number of carbonyl (C=O) groups is 1. The van der Waals surface area contributed by atoms with Crippen LogP contribution in [0.5, 0.6) is 5.75 Å². The Labute approximate surface area is 162 Å². The number of aryl methyl sites for hydroxylation is 1. The molecule has 4 rings (SSSR count). The molecular formula is C21H22FN3O3. The molecule has 1 amide bonds. The van der Waals surface area contributed by atoms with Crippen molar-refractivity contribution in [2.24, 2.45) is 4.99 Å². The maximum Gasteiger partial charge on any atom is 0.253 e. The van der Waals surface area contributed by atoms with Gasteiger partial charge in [0.1, 0.15) is 0 Å². The van der Waals surface area contributed by atoms with E-state index in [1.54, 1.807) is 11.0 Å². The van der Waals surface area contributed by atoms with Crippen LogP contribution in [0.2, 0.25) is 0 Å². The van der Waals surface area contributed by atoms with Crippen molar-refractivity contribution in [3.8, 4) is 5.75 Å². The molecule has 1 saturated heterocycles. The van der Waals surface area contributed by atoms with E-state index in [-0.39, 0.29) is 11.7 Å². The van der Waals surface area contributed by atoms with Gasteiger partial charge >= 0.3 is 0 Å². The molecule has 146 valence electrons. The van der Waals surface area contributed by atoms with E-state index in [1.807, 2.05) is 31.2 Å². The van der Waals surface area contributed by atoms with Gasteiger partial charge in [-0.2, -0.15) is 0 Å². The number of halogens is 1. The van der Waals surface area contributed by atoms with Crippen LogP contribution in [-0.2, 0) is 4.84 Å². The van der Waals surface area contributed by atoms with Crippen molar-refractivity contribution in [3.63, 3.8) is 0 Å². The number of hydroxylamine groups is 1. The van der Waals surface area contributed by atoms with Crippen molar-refractivity contribution in [3.05, 3.63) is 65.0 Å². The van der Waals surface area contributed by atoms with Crippen molar-refractivity contribution >= 4 is 11.7 Å². The maximum atomic E-state index is 13.9. The molecule has 1 spiro atoms. The lowest BCUT2D eigenvalue weighted by molar-refractivity contribution is -0.0849. The summed E-state index contributed by atoms with van der Waals surface area (Å²) >= 11 is 0. The first kappa shape index (κ1) is 18.4. The van der Waals surface area contributed by atoms with Gasteiger partial charge in [-0.15, -0.1) is 0 Å². The fourth-order valence-electron chi connectivity index (χ4n) is 3.48. The number of aliphatic imine (C=N–C) groups is 1. The van der Waals surface area contributed by atoms with E-state index in [9.17, 15) is 9.18 Å². The summed E-state index contributed by atoms with van der Waals surface area (Å²) in [7, 11) is 1.39. The summed E-state index contributed by atoms with van der Waals surface area (Å²) in [5, 5.41) is 0. The fourth-order valence-corrected chi connectivity index (χ4v) is 3.48. The number of rotatable bonds is 3. The minimum atomic E-state index is -0.665. The molecule has 0 bridgehead atoms. The SMILES string of the molecule is COc1ccc(C(=O)N2CCC3(CC2)N=C(c2ccc(C)cc2)NO3)cc1F. The number of amides is 1. The molecule has 0 saturated carbocycles. The molecule has 1 fully saturated rings. The molecule has 2 aromatic carbocycles. The standard InChI is InChI=1S/C21H22FN3O3/c1-14-3-5-15(6-4-14)19-23-21(28-24-19)9-11-25(12-10-21)20(26)16-7-8-18(27-2)17(22)13-16/h3-8,13H,9-12H2,1-2H3,(H,23,24). The lowest BCUT2D eigenvalue weighted by Crippen LogP contribution is -2.46. The molecule has 28 heavy (non-hydrogen) atoms. The van der Waals surface area contributed by atoms with Crippen molar-refractivity contribution in [1.29, 1.82) is 0 Å². The molecule has 2 heterocycles. The summed E-state index contributed by atoms with van der Waals surface area (Å²) in [5.74, 6) is 0.0807. The van der Waals surface area contributed by atoms with E-state index in [2.05, 4.69) is 5.48 Å². The van der Waals surface area contributed by atoms with Crippen molar-refractivity contribution < 1.29 is 18.8 Å². The van der Waals surface area contributed by atoms with E-state index in [0.29, 0.717) is 37.3 Å². The zero-order chi connectivity index (χ0) is 19.7. The van der Waals surface area contributed by atoms with Crippen LogP contribution in [0.15, 0.2) is 47.5 Å². The van der Waals surface area contributed by atoms with Crippen LogP contribution in [0, 0.1) is 12.7 Å². The third kappa shape index (κ3) is 3.45. The Kier molecular flexibility index (Phi) is 4.77. The third-order valence-corrected chi connectivity index (χ3v) is 5.21. The number of carbonyl (C=O) groups excluding carboxylic acids is 1. The molecule has 0 unspecified atom stereocenters. The zero-order valence-corrected chi connectivity index (χ0v) is 15.9. The quantitative estimate of drug-likeness (QED) is 0.885. The van der Waals surface area contributed by atoms with E-state index in [0.717, 1.165) is 5.56 Å². The highest BCUT2D eigenvalue weighted by Gasteiger charge is 2.41. The highest BCUT2D eigenvalue weighted by atomic mass is 19.1. The van der Waals surface area contributed by atoms with Gasteiger partial charge in [-0.25, -0.2) is 19.7 Å². The molecule has 2 aliphatic heterocycles. The second-order valence-corrected chi connectivity index (χ2v) is 7.12. The minimum Gasteiger partial charge on any atom is -0.494 e. The van der Waals surface area contributed by atoms with Gasteiger partial charge in [0.05, 0.1) is 7.11 Å². The number of nitrogens with zero attached hydrogens (tertiary/aromatic N) is 2. The Hall–Kier alpha value is -2.93. The van der Waals surface area contributed by atoms with Crippen LogP contribution in [0.4, 0.5) is 4.39 Å². The number of benzene rings is 2. The smallest absolute Gasteiger partial charge is 0.253 e. The lowest BCUT2D eigenvalue weighted by Gasteiger charge is -2.35. The average Bonchev–Trinajstić information content (AvgIpc) is 3.12. The Bertz CT molecular complexity index is 919. The second-order valence-electron chi connectivity index (χ2n) is 7.12. The summed E-state index contributed by atoms with van der Waals surface area (Å²) in [5.41, 5.74) is 4.72. The molecule has 0 aromatic heterocycles. The molecule has 2 aliphatic rings. The van der Waals surface area contributed by atoms with Gasteiger partial charge in [0.15, 0.2) is 23.1 Å². The molecule has 6 nitrogen and oxygen atoms in total. The largest absolute Gasteiger partial charge is 0.494 e. The van der Waals surface area contributed by atoms with Crippen molar-refractivity contribution in [2.45, 2.75) is 25.5 Å². The topological polar surface area (TPSA) is 63.2 Å². The van der Waals surface area contributed by atoms with Crippen molar-refractivity contribution in [2.75, 3.05) is 20.2 Å². The number of ether oxygens (including phenoxy) is 1. The average molecular weight is 383 g/mol. The monoisotopic (exact) mass is 383 g/mol. The Balaban J connectivity index is 1.44. The van der Waals surface area contributed by atoms with Gasteiger partial charge in [-0.3, -0.25) is 4.79 Å². The van der Waals surface area contributed by atoms with Gasteiger partial charge in [0.25, 0.3) is 5.91 Å². The van der Waals surface area contributed by atoms with Crippen LogP contribution < -0.4 is 10.2 Å². The Morgan fingerprint density at radius 3 is 2.57 bits per heavy atom. The number of amidine groups is 1. The molecule has 1 N–H and O–H groups in total. The van der Waals surface area contributed by atoms with Crippen LogP contribution in [0.25, 0.3) is 0 Å². The first-order valence-electron chi connectivity index (χ1n) is 9.23. The summed E-state index contributed by atoms with van der Waals surface area (Å²) in [6.07, 6.45) is 1.14. The van der Waals surface area contributed by atoms with E-state index >= 15 is 0 Å². The number of methoxy groups -OCH3 is 1. The van der Waals surface area contributed by atoms with E-state index < -0.39 is 11.5 Å². The van der Waals surface area contributed by atoms with Crippen molar-refractivity contribution in [1.82, 2.24) is 10.4 Å². The van der Waals surface area contributed by atoms with E-state index in [4.69, 9.17) is 14.6 Å². The molecule has 2 aromatic rings. The highest BCUT2D eigenvalue weighted by molar-refractivity contribution is 5.99. The third-order valence-electron chi connectivity index (χ3n) is 5.21. The number of likely N-dealkylation sites (tertiary alicyclic amines) is 1. The van der Waals surface area contributed by atoms with Crippen LogP contribution in [0.3, 0.4) is 0 Å². The van der Waals surface area contributed by atoms with Crippen LogP contribution in [-0.4, -0.2) is 42.6 Å². The fraction of sp³-hybridized carbons (Fsp3) is 0.333. The van der Waals surface area contributed by atoms with Gasteiger partial charge in [0, 0.05) is 37.1 Å². The molecule has 0 radical (unpaired) electrons. The Morgan fingerprint density at radius 2 is 1.93 bits per heavy atom. The minimum absolute atomic E-state index is 0.123. The number of piperidine rings is 1. The maximum absolute atomic E-state index is 13.9. The van der Waals surface area contributed by atoms with Gasteiger partial charge in [-0.05, 0) is 25.1 Å². The molecule has 0 aliphatic carbocycles. The molecular weight excluding hydrogens is 361 g/mol. The predicted molar refractivity (Wildman–Crippen MR) is 103 cm³/mol. The predicted octanol–water partition coefficient (Wildman–Crippen LogP) is 3.06. The van der Waals surface area contributed by atoms with Crippen LogP contribution in [0.1, 0.15) is 34.3 Å². The van der Waals surface area contributed by atoms with Gasteiger partial charge in [0.2, 0.25) is 0 Å². The summed E-state index contributed by atoms with van der Waals surface area (Å²) in [6.45, 7) is 3.00. The highest BCUT2D eigenvalue weighted by Crippen LogP contribution is 2.32. The number of nitrogens with one attached hydrogen (secondary N) is 1. The first-order valence-corrected chi connectivity index (χ1v) is 9.23. The van der Waals surface area contributed by atoms with Gasteiger partial charge in [-0.1, -0.05) is 29.8 Å². The first-order chi connectivity index (χ1) is 13.5. The summed E-state index contributed by atoms with van der Waals surface area (Å²) in [4.78, 5) is 24.9. The summed E-state index contributed by atoms with van der Waals surface area (Å²) < 4.78 is 18.8. The normalized spacial score (nSPS) is 18.0. The summed E-state index contributed by atoms with van der Waals surface area (Å²) in [6, 6.07) is 12.3. The Morgan fingerprint density at radius 1 is 1.21 bits per heavy atom. The second kappa shape index (κ2) is 7.24. The lowest BCUT2D eigenvalue weighted by atomic mass is 10.00. The zero-order valence-electron chi connectivity index (χ0n) is 15.9. The molecule has 7 heteroatoms.